The first-order chi connectivity index (χ1) is 5.57. The van der Waals surface area contributed by atoms with E-state index in [9.17, 15) is 9.00 Å². The number of nitrogens with two attached hydrogens (primary N) is 1. The van der Waals surface area contributed by atoms with E-state index in [4.69, 9.17) is 5.73 Å². The second-order valence-corrected chi connectivity index (χ2v) is 4.35. The molecular weight excluding hydrogens is 178 g/mol. The van der Waals surface area contributed by atoms with Crippen molar-refractivity contribution in [2.75, 3.05) is 12.9 Å². The van der Waals surface area contributed by atoms with Crippen LogP contribution in [0.15, 0.2) is 11.3 Å². The van der Waals surface area contributed by atoms with Crippen LogP contribution in [-0.4, -0.2) is 28.3 Å². The average Bonchev–Trinajstić information content (AvgIpc) is 2.32. The first kappa shape index (κ1) is 9.25. The molecule has 2 atom stereocenters. The molecule has 0 spiro atoms. The second-order valence-electron chi connectivity index (χ2n) is 2.59. The Hall–Kier alpha value is -0.840. The molecule has 0 radical (unpaired) electrons. The van der Waals surface area contributed by atoms with E-state index in [1.54, 1.807) is 6.92 Å². The smallest absolute Gasteiger partial charge is 0.336 e. The largest absolute Gasteiger partial charge is 0.466 e. The molecule has 0 aromatic heterocycles. The molecule has 1 rings (SSSR count). The third kappa shape index (κ3) is 1.36. The van der Waals surface area contributed by atoms with E-state index >= 15 is 0 Å². The van der Waals surface area contributed by atoms with Gasteiger partial charge in [0.15, 0.2) is 0 Å². The number of hydrogen-bond acceptors (Lipinski definition) is 4. The van der Waals surface area contributed by atoms with Crippen LogP contribution in [0.5, 0.6) is 0 Å². The van der Waals surface area contributed by atoms with Gasteiger partial charge >= 0.3 is 5.97 Å². The lowest BCUT2D eigenvalue weighted by atomic mass is 10.2. The molecule has 5 heteroatoms. The van der Waals surface area contributed by atoms with Crippen molar-refractivity contribution < 1.29 is 13.7 Å². The number of hydrogen-bond donors (Lipinski definition) is 1. The van der Waals surface area contributed by atoms with Gasteiger partial charge in [0.2, 0.25) is 0 Å². The van der Waals surface area contributed by atoms with Crippen LogP contribution in [0.25, 0.3) is 0 Å². The highest BCUT2D eigenvalue weighted by molar-refractivity contribution is 7.86. The summed E-state index contributed by atoms with van der Waals surface area (Å²) in [5.41, 5.74) is 6.34. The van der Waals surface area contributed by atoms with Gasteiger partial charge in [-0.1, -0.05) is 0 Å². The number of esters is 1. The fraction of sp³-hybridized carbons (Fsp3) is 0.571. The summed E-state index contributed by atoms with van der Waals surface area (Å²) in [6.07, 6.45) is 0. The van der Waals surface area contributed by atoms with Crippen molar-refractivity contribution in [1.82, 2.24) is 0 Å². The van der Waals surface area contributed by atoms with Crippen LogP contribution in [0.4, 0.5) is 0 Å². The second kappa shape index (κ2) is 3.26. The molecule has 0 aromatic rings. The van der Waals surface area contributed by atoms with Crippen LogP contribution < -0.4 is 5.73 Å². The first-order valence-electron chi connectivity index (χ1n) is 3.52. The molecule has 0 saturated heterocycles. The first-order valence-corrected chi connectivity index (χ1v) is 4.90. The molecule has 1 heterocycles. The normalized spacial score (nSPS) is 29.2. The maximum atomic E-state index is 11.2. The topological polar surface area (TPSA) is 69.4 Å². The highest BCUT2D eigenvalue weighted by Crippen LogP contribution is 2.20. The van der Waals surface area contributed by atoms with E-state index in [0.29, 0.717) is 11.3 Å². The third-order valence-electron chi connectivity index (χ3n) is 1.90. The van der Waals surface area contributed by atoms with E-state index in [2.05, 4.69) is 4.74 Å². The highest BCUT2D eigenvalue weighted by atomic mass is 32.2. The molecule has 1 aliphatic heterocycles. The summed E-state index contributed by atoms with van der Waals surface area (Å²) < 4.78 is 15.7. The SMILES string of the molecule is COC(=O)C1=C(N)C(C)S(=O)C1. The number of rotatable bonds is 1. The van der Waals surface area contributed by atoms with Gasteiger partial charge in [-0.3, -0.25) is 4.21 Å². The van der Waals surface area contributed by atoms with Crippen LogP contribution in [-0.2, 0) is 20.3 Å². The zero-order chi connectivity index (χ0) is 9.30. The van der Waals surface area contributed by atoms with Crippen molar-refractivity contribution in [3.05, 3.63) is 11.3 Å². The van der Waals surface area contributed by atoms with Gasteiger partial charge in [-0.15, -0.1) is 0 Å². The number of ether oxygens (including phenoxy) is 1. The lowest BCUT2D eigenvalue weighted by Crippen LogP contribution is -2.15. The van der Waals surface area contributed by atoms with Gasteiger partial charge in [0.25, 0.3) is 0 Å². The highest BCUT2D eigenvalue weighted by Gasteiger charge is 2.30. The van der Waals surface area contributed by atoms with Crippen LogP contribution in [0.2, 0.25) is 0 Å². The summed E-state index contributed by atoms with van der Waals surface area (Å²) in [6, 6.07) is 0. The summed E-state index contributed by atoms with van der Waals surface area (Å²) in [5.74, 6) is -0.246. The van der Waals surface area contributed by atoms with E-state index in [1.807, 2.05) is 0 Å². The van der Waals surface area contributed by atoms with Crippen molar-refractivity contribution in [2.45, 2.75) is 12.2 Å². The predicted molar refractivity (Wildman–Crippen MR) is 45.7 cm³/mol. The van der Waals surface area contributed by atoms with Crippen LogP contribution in [0.3, 0.4) is 0 Å². The molecule has 2 N–H and O–H groups in total. The molecule has 0 amide bonds. The molecule has 0 aliphatic carbocycles. The Morgan fingerprint density at radius 2 is 2.33 bits per heavy atom. The van der Waals surface area contributed by atoms with Crippen molar-refractivity contribution in [3.63, 3.8) is 0 Å². The maximum absolute atomic E-state index is 11.2. The third-order valence-corrected chi connectivity index (χ3v) is 3.51. The minimum Gasteiger partial charge on any atom is -0.466 e. The monoisotopic (exact) mass is 189 g/mol. The zero-order valence-electron chi connectivity index (χ0n) is 6.99. The van der Waals surface area contributed by atoms with Crippen molar-refractivity contribution in [1.29, 1.82) is 0 Å². The van der Waals surface area contributed by atoms with Gasteiger partial charge in [-0.2, -0.15) is 0 Å². The molecule has 2 unspecified atom stereocenters. The van der Waals surface area contributed by atoms with Crippen LogP contribution in [0, 0.1) is 0 Å². The minimum atomic E-state index is -1.05. The molecule has 12 heavy (non-hydrogen) atoms. The van der Waals surface area contributed by atoms with Gasteiger partial charge in [-0.05, 0) is 6.92 Å². The van der Waals surface area contributed by atoms with Gasteiger partial charge in [0, 0.05) is 16.5 Å². The van der Waals surface area contributed by atoms with Crippen molar-refractivity contribution in [2.24, 2.45) is 5.73 Å². The summed E-state index contributed by atoms with van der Waals surface area (Å²) in [4.78, 5) is 11.0. The van der Waals surface area contributed by atoms with Gasteiger partial charge in [0.1, 0.15) is 0 Å². The van der Waals surface area contributed by atoms with Gasteiger partial charge < -0.3 is 10.5 Å². The van der Waals surface area contributed by atoms with Crippen LogP contribution >= 0.6 is 0 Å². The molecule has 0 fully saturated rings. The summed E-state index contributed by atoms with van der Waals surface area (Å²) >= 11 is 0. The Morgan fingerprint density at radius 1 is 1.75 bits per heavy atom. The number of carbonyl (C=O) groups excluding carboxylic acids is 1. The minimum absolute atomic E-state index is 0.222. The Morgan fingerprint density at radius 3 is 2.67 bits per heavy atom. The number of methoxy groups -OCH3 is 1. The average molecular weight is 189 g/mol. The molecule has 68 valence electrons. The van der Waals surface area contributed by atoms with E-state index in [-0.39, 0.29) is 11.0 Å². The molecule has 4 nitrogen and oxygen atoms in total. The maximum Gasteiger partial charge on any atom is 0.336 e. The molecule has 0 aromatic carbocycles. The summed E-state index contributed by atoms with van der Waals surface area (Å²) in [6.45, 7) is 1.74. The van der Waals surface area contributed by atoms with Gasteiger partial charge in [-0.25, -0.2) is 4.79 Å². The predicted octanol–water partition coefficient (Wildman–Crippen LogP) is -0.477. The fourth-order valence-corrected chi connectivity index (χ4v) is 2.28. The van der Waals surface area contributed by atoms with Crippen LogP contribution in [0.1, 0.15) is 6.92 Å². The van der Waals surface area contributed by atoms with E-state index in [1.165, 1.54) is 7.11 Å². The standard InChI is InChI=1S/C7H11NO3S/c1-4-6(8)5(3-12(4)10)7(9)11-2/h4H,3,8H2,1-2H3. The molecular formula is C7H11NO3S. The van der Waals surface area contributed by atoms with E-state index in [0.717, 1.165) is 0 Å². The lowest BCUT2D eigenvalue weighted by molar-refractivity contribution is -0.136. The fourth-order valence-electron chi connectivity index (χ4n) is 1.04. The Labute approximate surface area is 73.2 Å². The summed E-state index contributed by atoms with van der Waals surface area (Å²) in [7, 11) is 0.236. The lowest BCUT2D eigenvalue weighted by Gasteiger charge is -2.01. The summed E-state index contributed by atoms with van der Waals surface area (Å²) in [5, 5.41) is -0.223. The van der Waals surface area contributed by atoms with Crippen molar-refractivity contribution >= 4 is 16.8 Å². The molecule has 0 saturated carbocycles. The zero-order valence-corrected chi connectivity index (χ0v) is 7.81. The molecule has 0 bridgehead atoms. The Kier molecular flexibility index (Phi) is 2.52. The quantitative estimate of drug-likeness (QED) is 0.566. The molecule has 1 aliphatic rings. The Balaban J connectivity index is 2.92. The van der Waals surface area contributed by atoms with Crippen molar-refractivity contribution in [3.8, 4) is 0 Å². The number of carbonyl (C=O) groups is 1. The Bertz CT molecular complexity index is 272. The van der Waals surface area contributed by atoms with E-state index < -0.39 is 16.8 Å². The van der Waals surface area contributed by atoms with Gasteiger partial charge in [0.05, 0.1) is 23.7 Å².